The molecule has 120 valence electrons. The first-order valence-electron chi connectivity index (χ1n) is 7.64. The number of likely N-dealkylation sites (tertiary alicyclic amines) is 1. The van der Waals surface area contributed by atoms with Crippen LogP contribution in [0.15, 0.2) is 0 Å². The molecule has 0 bridgehead atoms. The van der Waals surface area contributed by atoms with Crippen molar-refractivity contribution in [3.05, 3.63) is 0 Å². The van der Waals surface area contributed by atoms with Crippen LogP contribution in [0, 0.1) is 0 Å². The zero-order chi connectivity index (χ0) is 15.6. The molecule has 21 heavy (non-hydrogen) atoms. The van der Waals surface area contributed by atoms with Crippen LogP contribution in [-0.2, 0) is 9.59 Å². The predicted molar refractivity (Wildman–Crippen MR) is 78.7 cm³/mol. The van der Waals surface area contributed by atoms with Gasteiger partial charge >= 0.3 is 0 Å². The van der Waals surface area contributed by atoms with E-state index >= 15 is 0 Å². The fraction of sp³-hybridized carbons (Fsp3) is 0.857. The number of carbonyl (C=O) groups excluding carboxylic acids is 2. The van der Waals surface area contributed by atoms with Crippen molar-refractivity contribution < 1.29 is 14.7 Å². The van der Waals surface area contributed by atoms with Gasteiger partial charge in [0.25, 0.3) is 0 Å². The van der Waals surface area contributed by atoms with Gasteiger partial charge in [0.15, 0.2) is 0 Å². The number of nitrogens with zero attached hydrogens (tertiary/aromatic N) is 1. The average molecular weight is 298 g/mol. The lowest BCUT2D eigenvalue weighted by atomic mass is 9.88. The molecule has 2 aliphatic heterocycles. The number of nitrogens with one attached hydrogen (secondary N) is 3. The number of aliphatic hydroxyl groups excluding tert-OH is 1. The lowest BCUT2D eigenvalue weighted by molar-refractivity contribution is -0.142. The zero-order valence-electron chi connectivity index (χ0n) is 13.0. The maximum Gasteiger partial charge on any atom is 0.242 e. The first-order chi connectivity index (χ1) is 9.96. The number of likely N-dealkylation sites (N-methyl/N-ethyl adjacent to an activating group) is 2. The van der Waals surface area contributed by atoms with Crippen LogP contribution in [0.1, 0.15) is 26.7 Å². The van der Waals surface area contributed by atoms with Crippen molar-refractivity contribution in [3.63, 3.8) is 0 Å². The fourth-order valence-corrected chi connectivity index (χ4v) is 3.53. The van der Waals surface area contributed by atoms with Crippen molar-refractivity contribution >= 4 is 11.8 Å². The Morgan fingerprint density at radius 2 is 2.33 bits per heavy atom. The standard InChI is InChI=1S/C14H26N4O3/c1-4-18-10(5-6-14(18)8-17-13(14)21)7-16-11(9(2)19)12(20)15-3/h9-11,16,19H,4-8H2,1-3H3,(H,15,20)(H,17,21)/t9-,10?,11+,14?/m1/s1. The van der Waals surface area contributed by atoms with E-state index in [9.17, 15) is 14.7 Å². The summed E-state index contributed by atoms with van der Waals surface area (Å²) in [5, 5.41) is 18.2. The summed E-state index contributed by atoms with van der Waals surface area (Å²) in [6, 6.07) is -0.410. The highest BCUT2D eigenvalue weighted by molar-refractivity contribution is 5.93. The number of rotatable bonds is 6. The summed E-state index contributed by atoms with van der Waals surface area (Å²) in [4.78, 5) is 25.9. The van der Waals surface area contributed by atoms with Gasteiger partial charge in [-0.3, -0.25) is 14.5 Å². The molecule has 2 fully saturated rings. The van der Waals surface area contributed by atoms with E-state index in [0.717, 1.165) is 19.4 Å². The molecule has 2 aliphatic rings. The molecule has 1 spiro atoms. The SMILES string of the molecule is CCN1C(CN[C@H](C(=O)NC)[C@@H](C)O)CCC12CNC2=O. The molecule has 2 unspecified atom stereocenters. The van der Waals surface area contributed by atoms with Gasteiger partial charge in [0.2, 0.25) is 11.8 Å². The van der Waals surface area contributed by atoms with Gasteiger partial charge in [0, 0.05) is 26.2 Å². The summed E-state index contributed by atoms with van der Waals surface area (Å²) >= 11 is 0. The molecule has 2 heterocycles. The predicted octanol–water partition coefficient (Wildman–Crippen LogP) is -1.58. The van der Waals surface area contributed by atoms with E-state index < -0.39 is 12.1 Å². The largest absolute Gasteiger partial charge is 0.391 e. The van der Waals surface area contributed by atoms with E-state index in [1.54, 1.807) is 14.0 Å². The molecule has 0 aromatic heterocycles. The van der Waals surface area contributed by atoms with Crippen LogP contribution in [-0.4, -0.2) is 72.2 Å². The lowest BCUT2D eigenvalue weighted by Gasteiger charge is -2.46. The third-order valence-electron chi connectivity index (χ3n) is 4.77. The van der Waals surface area contributed by atoms with Gasteiger partial charge in [-0.15, -0.1) is 0 Å². The molecule has 0 aromatic carbocycles. The van der Waals surface area contributed by atoms with Gasteiger partial charge in [0.05, 0.1) is 6.10 Å². The summed E-state index contributed by atoms with van der Waals surface area (Å²) in [6.45, 7) is 5.76. The van der Waals surface area contributed by atoms with Crippen LogP contribution < -0.4 is 16.0 Å². The summed E-state index contributed by atoms with van der Waals surface area (Å²) in [6.07, 6.45) is 1.02. The number of β-lactam (4-membered cyclic amide) rings is 1. The van der Waals surface area contributed by atoms with Crippen LogP contribution >= 0.6 is 0 Å². The Bertz CT molecular complexity index is 415. The van der Waals surface area contributed by atoms with E-state index in [2.05, 4.69) is 27.8 Å². The van der Waals surface area contributed by atoms with Crippen molar-refractivity contribution in [1.82, 2.24) is 20.9 Å². The van der Waals surface area contributed by atoms with Crippen molar-refractivity contribution in [2.45, 2.75) is 50.4 Å². The first-order valence-corrected chi connectivity index (χ1v) is 7.64. The summed E-state index contributed by atoms with van der Waals surface area (Å²) < 4.78 is 0. The number of carbonyl (C=O) groups is 2. The van der Waals surface area contributed by atoms with Crippen molar-refractivity contribution in [2.24, 2.45) is 0 Å². The highest BCUT2D eigenvalue weighted by Crippen LogP contribution is 2.37. The minimum absolute atomic E-state index is 0.116. The zero-order valence-corrected chi connectivity index (χ0v) is 13.0. The van der Waals surface area contributed by atoms with Gasteiger partial charge in [0.1, 0.15) is 11.6 Å². The van der Waals surface area contributed by atoms with E-state index in [4.69, 9.17) is 0 Å². The molecule has 4 atom stereocenters. The fourth-order valence-electron chi connectivity index (χ4n) is 3.53. The Hall–Kier alpha value is -1.18. The normalized spacial score (nSPS) is 31.6. The average Bonchev–Trinajstić information content (AvgIpc) is 2.86. The smallest absolute Gasteiger partial charge is 0.242 e. The van der Waals surface area contributed by atoms with Crippen molar-refractivity contribution in [1.29, 1.82) is 0 Å². The third kappa shape index (κ3) is 2.77. The molecule has 0 aliphatic carbocycles. The first kappa shape index (κ1) is 16.2. The Balaban J connectivity index is 1.97. The lowest BCUT2D eigenvalue weighted by Crippen LogP contribution is -2.72. The molecule has 0 saturated carbocycles. The minimum Gasteiger partial charge on any atom is -0.391 e. The molecular weight excluding hydrogens is 272 g/mol. The van der Waals surface area contributed by atoms with Crippen LogP contribution in [0.5, 0.6) is 0 Å². The van der Waals surface area contributed by atoms with Gasteiger partial charge in [-0.05, 0) is 26.3 Å². The maximum atomic E-state index is 11.9. The number of amides is 2. The molecular formula is C14H26N4O3. The van der Waals surface area contributed by atoms with Crippen LogP contribution in [0.25, 0.3) is 0 Å². The van der Waals surface area contributed by atoms with Gasteiger partial charge < -0.3 is 21.1 Å². The van der Waals surface area contributed by atoms with Gasteiger partial charge in [-0.2, -0.15) is 0 Å². The molecule has 0 radical (unpaired) electrons. The topological polar surface area (TPSA) is 93.7 Å². The second-order valence-corrected chi connectivity index (χ2v) is 5.93. The van der Waals surface area contributed by atoms with Crippen LogP contribution in [0.3, 0.4) is 0 Å². The van der Waals surface area contributed by atoms with Gasteiger partial charge in [-0.25, -0.2) is 0 Å². The summed E-state index contributed by atoms with van der Waals surface area (Å²) in [7, 11) is 1.56. The Kier molecular flexibility index (Phi) is 4.85. The molecule has 7 heteroatoms. The quantitative estimate of drug-likeness (QED) is 0.444. The maximum absolute atomic E-state index is 11.9. The number of hydrogen-bond donors (Lipinski definition) is 4. The second kappa shape index (κ2) is 6.29. The molecule has 2 saturated heterocycles. The third-order valence-corrected chi connectivity index (χ3v) is 4.77. The van der Waals surface area contributed by atoms with E-state index in [1.165, 1.54) is 0 Å². The number of hydrogen-bond acceptors (Lipinski definition) is 5. The summed E-state index contributed by atoms with van der Waals surface area (Å²) in [5.41, 5.74) is -0.339. The Morgan fingerprint density at radius 3 is 2.76 bits per heavy atom. The van der Waals surface area contributed by atoms with E-state index in [0.29, 0.717) is 13.1 Å². The van der Waals surface area contributed by atoms with Crippen LogP contribution in [0.2, 0.25) is 0 Å². The molecule has 2 amide bonds. The second-order valence-electron chi connectivity index (χ2n) is 5.93. The summed E-state index contributed by atoms with van der Waals surface area (Å²) in [5.74, 6) is -0.104. The molecule has 4 N–H and O–H groups in total. The van der Waals surface area contributed by atoms with Gasteiger partial charge in [-0.1, -0.05) is 6.92 Å². The minimum atomic E-state index is -0.762. The van der Waals surface area contributed by atoms with E-state index in [1.807, 2.05) is 0 Å². The highest BCUT2D eigenvalue weighted by atomic mass is 16.3. The van der Waals surface area contributed by atoms with E-state index in [-0.39, 0.29) is 23.4 Å². The molecule has 0 aromatic rings. The Morgan fingerprint density at radius 1 is 1.62 bits per heavy atom. The van der Waals surface area contributed by atoms with Crippen LogP contribution in [0.4, 0.5) is 0 Å². The monoisotopic (exact) mass is 298 g/mol. The van der Waals surface area contributed by atoms with Crippen molar-refractivity contribution in [2.75, 3.05) is 26.7 Å². The highest BCUT2D eigenvalue weighted by Gasteiger charge is 2.56. The molecule has 2 rings (SSSR count). The molecule has 7 nitrogen and oxygen atoms in total. The number of aliphatic hydroxyl groups is 1. The Labute approximate surface area is 125 Å². The van der Waals surface area contributed by atoms with Crippen molar-refractivity contribution in [3.8, 4) is 0 Å².